The number of hydrogen-bond acceptors (Lipinski definition) is 2. The molecule has 0 aromatic heterocycles. The highest BCUT2D eigenvalue weighted by molar-refractivity contribution is 5.36. The molecule has 0 aliphatic carbocycles. The Kier molecular flexibility index (Phi) is 2.06. The molecule has 1 aromatic carbocycles. The van der Waals surface area contributed by atoms with E-state index < -0.39 is 18.1 Å². The molecule has 0 spiro atoms. The number of benzene rings is 1. The molecule has 1 aliphatic heterocycles. The van der Waals surface area contributed by atoms with Gasteiger partial charge in [-0.25, -0.2) is 0 Å². The molecule has 2 atom stereocenters. The van der Waals surface area contributed by atoms with Crippen LogP contribution in [-0.4, -0.2) is 11.3 Å². The van der Waals surface area contributed by atoms with Gasteiger partial charge < -0.3 is 9.84 Å². The van der Waals surface area contributed by atoms with Crippen molar-refractivity contribution < 1.29 is 23.0 Å². The first-order valence-corrected chi connectivity index (χ1v) is 4.39. The van der Waals surface area contributed by atoms with Crippen molar-refractivity contribution in [3.8, 4) is 0 Å². The summed E-state index contributed by atoms with van der Waals surface area (Å²) in [6.45, 7) is 1.21. The van der Waals surface area contributed by atoms with Crippen molar-refractivity contribution in [3.63, 3.8) is 0 Å². The molecule has 5 heteroatoms. The lowest BCUT2D eigenvalue weighted by molar-refractivity contribution is -0.292. The number of aliphatic hydroxyl groups is 1. The van der Waals surface area contributed by atoms with E-state index in [2.05, 4.69) is 4.74 Å². The van der Waals surface area contributed by atoms with Crippen LogP contribution < -0.4 is 0 Å². The molecule has 0 fully saturated rings. The van der Waals surface area contributed by atoms with Gasteiger partial charge >= 0.3 is 6.18 Å². The monoisotopic (exact) mass is 218 g/mol. The van der Waals surface area contributed by atoms with Crippen molar-refractivity contribution >= 4 is 0 Å². The van der Waals surface area contributed by atoms with Crippen LogP contribution in [-0.2, 0) is 10.5 Å². The van der Waals surface area contributed by atoms with Crippen molar-refractivity contribution in [2.24, 2.45) is 0 Å². The third kappa shape index (κ3) is 1.61. The Morgan fingerprint density at radius 3 is 2.53 bits per heavy atom. The largest absolute Gasteiger partial charge is 0.419 e. The summed E-state index contributed by atoms with van der Waals surface area (Å²) in [5.41, 5.74) is 0.155. The second kappa shape index (κ2) is 2.96. The molecule has 1 aromatic rings. The molecular formula is C10H9F3O2. The molecule has 1 N–H and O–H groups in total. The zero-order valence-electron chi connectivity index (χ0n) is 7.88. The highest BCUT2D eigenvalue weighted by Crippen LogP contribution is 2.48. The van der Waals surface area contributed by atoms with Gasteiger partial charge in [0.1, 0.15) is 0 Å². The fraction of sp³-hybridized carbons (Fsp3) is 0.400. The SMILES string of the molecule is CC1(O)OC(C(F)(F)F)c2ccccc21. The number of fused-ring (bicyclic) bond motifs is 1. The average Bonchev–Trinajstić information content (AvgIpc) is 2.39. The van der Waals surface area contributed by atoms with Crippen LogP contribution in [0.15, 0.2) is 24.3 Å². The molecular weight excluding hydrogens is 209 g/mol. The van der Waals surface area contributed by atoms with Crippen LogP contribution in [0.4, 0.5) is 13.2 Å². The van der Waals surface area contributed by atoms with Crippen molar-refractivity contribution in [3.05, 3.63) is 35.4 Å². The van der Waals surface area contributed by atoms with E-state index in [1.807, 2.05) is 0 Å². The first kappa shape index (κ1) is 10.4. The Hall–Kier alpha value is -1.07. The van der Waals surface area contributed by atoms with Gasteiger partial charge in [0, 0.05) is 5.56 Å². The first-order valence-electron chi connectivity index (χ1n) is 4.39. The minimum Gasteiger partial charge on any atom is -0.362 e. The van der Waals surface area contributed by atoms with E-state index in [1.165, 1.54) is 25.1 Å². The van der Waals surface area contributed by atoms with E-state index in [9.17, 15) is 18.3 Å². The van der Waals surface area contributed by atoms with Crippen LogP contribution >= 0.6 is 0 Å². The number of halogens is 3. The number of ether oxygens (including phenoxy) is 1. The second-order valence-electron chi connectivity index (χ2n) is 3.61. The molecule has 1 heterocycles. The lowest BCUT2D eigenvalue weighted by Crippen LogP contribution is -2.25. The lowest BCUT2D eigenvalue weighted by atomic mass is 10.0. The Labute approximate surface area is 84.3 Å². The van der Waals surface area contributed by atoms with Crippen LogP contribution in [0, 0.1) is 0 Å². The summed E-state index contributed by atoms with van der Waals surface area (Å²) in [6, 6.07) is 5.80. The Bertz CT molecular complexity index is 384. The summed E-state index contributed by atoms with van der Waals surface area (Å²) in [4.78, 5) is 0. The zero-order chi connectivity index (χ0) is 11.3. The topological polar surface area (TPSA) is 29.5 Å². The number of hydrogen-bond donors (Lipinski definition) is 1. The van der Waals surface area contributed by atoms with Crippen molar-refractivity contribution in [2.45, 2.75) is 25.0 Å². The first-order chi connectivity index (χ1) is 6.82. The number of alkyl halides is 3. The van der Waals surface area contributed by atoms with Gasteiger partial charge in [0.15, 0.2) is 11.9 Å². The van der Waals surface area contributed by atoms with Crippen molar-refractivity contribution in [2.75, 3.05) is 0 Å². The molecule has 0 saturated heterocycles. The molecule has 0 bridgehead atoms. The van der Waals surface area contributed by atoms with E-state index in [0.29, 0.717) is 0 Å². The summed E-state index contributed by atoms with van der Waals surface area (Å²) in [7, 11) is 0. The second-order valence-corrected chi connectivity index (χ2v) is 3.61. The normalized spacial score (nSPS) is 30.3. The fourth-order valence-electron chi connectivity index (χ4n) is 1.75. The maximum absolute atomic E-state index is 12.5. The molecule has 0 amide bonds. The van der Waals surface area contributed by atoms with E-state index in [1.54, 1.807) is 6.07 Å². The molecule has 0 saturated carbocycles. The van der Waals surface area contributed by atoms with Crippen molar-refractivity contribution in [1.82, 2.24) is 0 Å². The summed E-state index contributed by atoms with van der Waals surface area (Å²) in [5.74, 6) is -1.86. The van der Waals surface area contributed by atoms with Gasteiger partial charge in [-0.15, -0.1) is 0 Å². The molecule has 2 unspecified atom stereocenters. The van der Waals surface area contributed by atoms with Gasteiger partial charge in [0.2, 0.25) is 0 Å². The highest BCUT2D eigenvalue weighted by atomic mass is 19.4. The Balaban J connectivity index is 2.52. The van der Waals surface area contributed by atoms with Gasteiger partial charge in [-0.1, -0.05) is 24.3 Å². The summed E-state index contributed by atoms with van der Waals surface area (Å²) in [5, 5.41) is 9.66. The van der Waals surface area contributed by atoms with Crippen LogP contribution in [0.5, 0.6) is 0 Å². The molecule has 1 aliphatic rings. The van der Waals surface area contributed by atoms with Gasteiger partial charge in [-0.05, 0) is 12.5 Å². The predicted octanol–water partition coefficient (Wildman–Crippen LogP) is 2.49. The molecule has 15 heavy (non-hydrogen) atoms. The summed E-state index contributed by atoms with van der Waals surface area (Å²) >= 11 is 0. The van der Waals surface area contributed by atoms with Gasteiger partial charge in [0.05, 0.1) is 0 Å². The van der Waals surface area contributed by atoms with Crippen LogP contribution in [0.2, 0.25) is 0 Å². The predicted molar refractivity (Wildman–Crippen MR) is 45.9 cm³/mol. The van der Waals surface area contributed by atoms with Gasteiger partial charge in [-0.3, -0.25) is 0 Å². The van der Waals surface area contributed by atoms with E-state index in [-0.39, 0.29) is 11.1 Å². The van der Waals surface area contributed by atoms with E-state index >= 15 is 0 Å². The summed E-state index contributed by atoms with van der Waals surface area (Å²) < 4.78 is 42.3. The fourth-order valence-corrected chi connectivity index (χ4v) is 1.75. The maximum Gasteiger partial charge on any atom is 0.419 e. The number of rotatable bonds is 0. The quantitative estimate of drug-likeness (QED) is 0.724. The standard InChI is InChI=1S/C10H9F3O2/c1-9(14)7-5-3-2-4-6(7)8(15-9)10(11,12)13/h2-5,8,14H,1H3. The third-order valence-electron chi connectivity index (χ3n) is 2.39. The van der Waals surface area contributed by atoms with Gasteiger partial charge in [-0.2, -0.15) is 13.2 Å². The molecule has 2 nitrogen and oxygen atoms in total. The van der Waals surface area contributed by atoms with Crippen LogP contribution in [0.25, 0.3) is 0 Å². The minimum absolute atomic E-state index is 0.0185. The van der Waals surface area contributed by atoms with Crippen LogP contribution in [0.1, 0.15) is 24.2 Å². The lowest BCUT2D eigenvalue weighted by Gasteiger charge is -2.20. The van der Waals surface area contributed by atoms with Crippen molar-refractivity contribution in [1.29, 1.82) is 0 Å². The Morgan fingerprint density at radius 1 is 1.33 bits per heavy atom. The maximum atomic E-state index is 12.5. The Morgan fingerprint density at radius 2 is 1.93 bits per heavy atom. The third-order valence-corrected chi connectivity index (χ3v) is 2.39. The van der Waals surface area contributed by atoms with E-state index in [0.717, 1.165) is 0 Å². The molecule has 2 rings (SSSR count). The smallest absolute Gasteiger partial charge is 0.362 e. The van der Waals surface area contributed by atoms with E-state index in [4.69, 9.17) is 0 Å². The van der Waals surface area contributed by atoms with Gasteiger partial charge in [0.25, 0.3) is 0 Å². The highest BCUT2D eigenvalue weighted by Gasteiger charge is 2.52. The minimum atomic E-state index is -4.50. The molecule has 0 radical (unpaired) electrons. The summed E-state index contributed by atoms with van der Waals surface area (Å²) in [6.07, 6.45) is -6.54. The zero-order valence-corrected chi connectivity index (χ0v) is 7.88. The average molecular weight is 218 g/mol. The van der Waals surface area contributed by atoms with Crippen LogP contribution in [0.3, 0.4) is 0 Å². The molecule has 82 valence electrons.